The van der Waals surface area contributed by atoms with Gasteiger partial charge in [0.2, 0.25) is 6.29 Å². The van der Waals surface area contributed by atoms with Crippen LogP contribution in [0, 0.1) is 6.92 Å². The molecule has 7 heteroatoms. The molecule has 2 rings (SSSR count). The van der Waals surface area contributed by atoms with E-state index in [9.17, 15) is 4.79 Å². The van der Waals surface area contributed by atoms with Crippen LogP contribution in [0.5, 0.6) is 0 Å². The normalized spacial score (nSPS) is 14.6. The number of hydrogen-bond donors (Lipinski definition) is 0. The smallest absolute Gasteiger partial charge is 0.452 e. The fourth-order valence-electron chi connectivity index (χ4n) is 3.23. The molecule has 0 fully saturated rings. The van der Waals surface area contributed by atoms with E-state index in [2.05, 4.69) is 43.0 Å². The largest absolute Gasteiger partial charge is 0.511 e. The van der Waals surface area contributed by atoms with E-state index in [-0.39, 0.29) is 11.5 Å². The first-order chi connectivity index (χ1) is 15.5. The van der Waals surface area contributed by atoms with Crippen molar-refractivity contribution in [2.75, 3.05) is 7.05 Å². The Labute approximate surface area is 197 Å². The van der Waals surface area contributed by atoms with Crippen LogP contribution in [0.3, 0.4) is 0 Å². The lowest BCUT2D eigenvalue weighted by molar-refractivity contribution is -0.0753. The van der Waals surface area contributed by atoms with Crippen LogP contribution in [-0.2, 0) is 26.7 Å². The average Bonchev–Trinajstić information content (AvgIpc) is 3.07. The molecule has 2 aromatic rings. The number of aryl methyl sites for hydroxylation is 2. The van der Waals surface area contributed by atoms with Crippen molar-refractivity contribution in [2.24, 2.45) is 12.0 Å². The molecule has 0 N–H and O–H groups in total. The Kier molecular flexibility index (Phi) is 8.85. The summed E-state index contributed by atoms with van der Waals surface area (Å²) in [5.41, 5.74) is 4.53. The highest BCUT2D eigenvalue weighted by Crippen LogP contribution is 2.30. The fraction of sp³-hybridized carbons (Fsp3) is 0.500. The molecule has 0 aliphatic heterocycles. The van der Waals surface area contributed by atoms with Gasteiger partial charge in [-0.1, -0.05) is 52.0 Å². The molecule has 1 aromatic heterocycles. The van der Waals surface area contributed by atoms with Crippen molar-refractivity contribution in [3.8, 4) is 0 Å². The molecule has 2 unspecified atom stereocenters. The Balaban J connectivity index is 2.51. The second-order valence-corrected chi connectivity index (χ2v) is 9.14. The summed E-state index contributed by atoms with van der Waals surface area (Å²) in [6.45, 7) is 13.9. The minimum Gasteiger partial charge on any atom is -0.452 e. The van der Waals surface area contributed by atoms with E-state index in [1.807, 2.05) is 46.0 Å². The maximum absolute atomic E-state index is 12.1. The van der Waals surface area contributed by atoms with Gasteiger partial charge in [-0.15, -0.1) is 0 Å². The van der Waals surface area contributed by atoms with Crippen molar-refractivity contribution in [1.82, 2.24) is 9.78 Å². The summed E-state index contributed by atoms with van der Waals surface area (Å²) >= 11 is 0. The molecule has 0 aliphatic rings. The van der Waals surface area contributed by atoms with Gasteiger partial charge in [0.25, 0.3) is 0 Å². The van der Waals surface area contributed by atoms with E-state index in [0.29, 0.717) is 12.2 Å². The van der Waals surface area contributed by atoms with Crippen LogP contribution in [0.4, 0.5) is 4.79 Å². The number of hydrogen-bond acceptors (Lipinski definition) is 6. The SMILES string of the molecule is CCC(C)OC(=O)OC(C)O/C(=C(/C=NC)c1ccc(C(C)(C)C)cc1)c1cc(C)nn1C. The Morgan fingerprint density at radius 3 is 2.27 bits per heavy atom. The van der Waals surface area contributed by atoms with Gasteiger partial charge in [0, 0.05) is 32.8 Å². The molecule has 0 spiro atoms. The third-order valence-electron chi connectivity index (χ3n) is 5.22. The van der Waals surface area contributed by atoms with Gasteiger partial charge in [0.05, 0.1) is 5.69 Å². The first kappa shape index (κ1) is 26.2. The maximum atomic E-state index is 12.1. The van der Waals surface area contributed by atoms with Crippen molar-refractivity contribution in [1.29, 1.82) is 0 Å². The zero-order chi connectivity index (χ0) is 24.8. The molecule has 0 saturated carbocycles. The molecule has 0 aliphatic carbocycles. The van der Waals surface area contributed by atoms with Crippen LogP contribution in [-0.4, -0.2) is 41.6 Å². The molecule has 0 radical (unpaired) electrons. The van der Waals surface area contributed by atoms with Crippen LogP contribution in [0.25, 0.3) is 11.3 Å². The number of ether oxygens (including phenoxy) is 3. The fourth-order valence-corrected chi connectivity index (χ4v) is 3.23. The molecule has 1 aromatic carbocycles. The number of carbonyl (C=O) groups is 1. The van der Waals surface area contributed by atoms with Gasteiger partial charge in [-0.2, -0.15) is 5.10 Å². The van der Waals surface area contributed by atoms with Crippen LogP contribution in [0.2, 0.25) is 0 Å². The van der Waals surface area contributed by atoms with E-state index >= 15 is 0 Å². The molecular weight excluding hydrogens is 418 g/mol. The number of aromatic nitrogens is 2. The van der Waals surface area contributed by atoms with Gasteiger partial charge in [0.1, 0.15) is 11.8 Å². The second kappa shape index (κ2) is 11.2. The van der Waals surface area contributed by atoms with Gasteiger partial charge >= 0.3 is 6.16 Å². The van der Waals surface area contributed by atoms with E-state index in [4.69, 9.17) is 14.2 Å². The zero-order valence-electron chi connectivity index (χ0n) is 21.3. The number of carbonyl (C=O) groups excluding carboxylic acids is 1. The van der Waals surface area contributed by atoms with Crippen molar-refractivity contribution >= 4 is 23.7 Å². The van der Waals surface area contributed by atoms with E-state index in [0.717, 1.165) is 22.5 Å². The lowest BCUT2D eigenvalue weighted by Crippen LogP contribution is -2.22. The molecule has 0 saturated heterocycles. The Morgan fingerprint density at radius 2 is 1.79 bits per heavy atom. The molecule has 7 nitrogen and oxygen atoms in total. The number of aliphatic imine (C=N–C) groups is 1. The summed E-state index contributed by atoms with van der Waals surface area (Å²) < 4.78 is 18.5. The van der Waals surface area contributed by atoms with Crippen LogP contribution in [0.1, 0.15) is 70.5 Å². The highest BCUT2D eigenvalue weighted by atomic mass is 16.8. The topological polar surface area (TPSA) is 74.9 Å². The quantitative estimate of drug-likeness (QED) is 0.214. The molecule has 2 atom stereocenters. The van der Waals surface area contributed by atoms with Crippen molar-refractivity contribution in [3.63, 3.8) is 0 Å². The van der Waals surface area contributed by atoms with Crippen LogP contribution in [0.15, 0.2) is 35.3 Å². The predicted octanol–water partition coefficient (Wildman–Crippen LogP) is 5.91. The number of rotatable bonds is 8. The van der Waals surface area contributed by atoms with Crippen LogP contribution >= 0.6 is 0 Å². The second-order valence-electron chi connectivity index (χ2n) is 9.14. The monoisotopic (exact) mass is 455 g/mol. The first-order valence-electron chi connectivity index (χ1n) is 11.3. The molecule has 180 valence electrons. The molecule has 33 heavy (non-hydrogen) atoms. The average molecular weight is 456 g/mol. The summed E-state index contributed by atoms with van der Waals surface area (Å²) in [5.74, 6) is 0.510. The first-order valence-corrected chi connectivity index (χ1v) is 11.3. The third-order valence-corrected chi connectivity index (χ3v) is 5.22. The molecular formula is C26H37N3O4. The van der Waals surface area contributed by atoms with Crippen LogP contribution < -0.4 is 0 Å². The number of allylic oxidation sites excluding steroid dienone is 1. The Bertz CT molecular complexity index is 998. The third kappa shape index (κ3) is 7.20. The van der Waals surface area contributed by atoms with Crippen molar-refractivity contribution in [3.05, 3.63) is 52.8 Å². The standard InChI is InChI=1S/C26H37N3O4/c1-10-18(3)31-25(30)33-19(4)32-24(23-15-17(2)28-29(23)9)22(16-27-8)20-11-13-21(14-12-20)26(5,6)7/h11-16,18-19H,10H2,1-9H3/b24-22-,27-16?. The van der Waals surface area contributed by atoms with Gasteiger partial charge in [-0.25, -0.2) is 4.79 Å². The van der Waals surface area contributed by atoms with E-state index in [1.165, 1.54) is 5.56 Å². The highest BCUT2D eigenvalue weighted by Gasteiger charge is 2.22. The number of nitrogens with zero attached hydrogens (tertiary/aromatic N) is 3. The van der Waals surface area contributed by atoms with Gasteiger partial charge in [-0.05, 0) is 42.9 Å². The summed E-state index contributed by atoms with van der Waals surface area (Å²) in [5, 5.41) is 4.46. The Morgan fingerprint density at radius 1 is 1.15 bits per heavy atom. The van der Waals surface area contributed by atoms with Crippen molar-refractivity contribution < 1.29 is 19.0 Å². The van der Waals surface area contributed by atoms with Crippen molar-refractivity contribution in [2.45, 2.75) is 72.7 Å². The summed E-state index contributed by atoms with van der Waals surface area (Å²) in [6.07, 6.45) is 0.557. The van der Waals surface area contributed by atoms with E-state index in [1.54, 1.807) is 24.9 Å². The minimum atomic E-state index is -0.888. The molecule has 1 heterocycles. The molecule has 0 amide bonds. The van der Waals surface area contributed by atoms with E-state index < -0.39 is 12.4 Å². The molecule has 0 bridgehead atoms. The predicted molar refractivity (Wildman–Crippen MR) is 132 cm³/mol. The van der Waals surface area contributed by atoms with Gasteiger partial charge < -0.3 is 14.2 Å². The lowest BCUT2D eigenvalue weighted by Gasteiger charge is -2.22. The summed E-state index contributed by atoms with van der Waals surface area (Å²) in [7, 11) is 3.55. The lowest BCUT2D eigenvalue weighted by atomic mass is 9.86. The summed E-state index contributed by atoms with van der Waals surface area (Å²) in [6, 6.07) is 10.2. The minimum absolute atomic E-state index is 0.0398. The zero-order valence-corrected chi connectivity index (χ0v) is 21.3. The maximum Gasteiger partial charge on any atom is 0.511 e. The Hall–Kier alpha value is -3.09. The highest BCUT2D eigenvalue weighted by molar-refractivity contribution is 6.18. The van der Waals surface area contributed by atoms with Gasteiger partial charge in [0.15, 0.2) is 5.76 Å². The summed E-state index contributed by atoms with van der Waals surface area (Å²) in [4.78, 5) is 16.4. The number of benzene rings is 1. The van der Waals surface area contributed by atoms with Gasteiger partial charge in [-0.3, -0.25) is 9.67 Å².